The Balaban J connectivity index is 1.70. The van der Waals surface area contributed by atoms with Gasteiger partial charge in [-0.25, -0.2) is 9.97 Å². The Labute approximate surface area is 133 Å². The molecule has 1 amide bonds. The highest BCUT2D eigenvalue weighted by molar-refractivity contribution is 6.04. The van der Waals surface area contributed by atoms with E-state index < -0.39 is 0 Å². The number of benzene rings is 1. The van der Waals surface area contributed by atoms with Crippen LogP contribution in [0.25, 0.3) is 10.9 Å². The number of rotatable bonds is 2. The lowest BCUT2D eigenvalue weighted by Crippen LogP contribution is -2.31. The van der Waals surface area contributed by atoms with Crippen LogP contribution in [0.4, 0.5) is 0 Å². The molecule has 1 atom stereocenters. The normalized spacial score (nSPS) is 17.8. The van der Waals surface area contributed by atoms with Crippen LogP contribution in [0.15, 0.2) is 36.5 Å². The smallest absolute Gasteiger partial charge is 0.275 e. The number of amides is 1. The molecule has 1 aliphatic heterocycles. The summed E-state index contributed by atoms with van der Waals surface area (Å²) >= 11 is 0. The zero-order valence-electron chi connectivity index (χ0n) is 12.9. The molecule has 1 fully saturated rings. The summed E-state index contributed by atoms with van der Waals surface area (Å²) in [6.07, 6.45) is 3.65. The molecule has 4 rings (SSSR count). The van der Waals surface area contributed by atoms with E-state index in [4.69, 9.17) is 0 Å². The Bertz CT molecular complexity index is 872. The molecule has 0 spiro atoms. The van der Waals surface area contributed by atoms with Gasteiger partial charge in [0.05, 0.1) is 17.3 Å². The Kier molecular flexibility index (Phi) is 3.29. The largest absolute Gasteiger partial charge is 0.329 e. The molecule has 0 radical (unpaired) electrons. The van der Waals surface area contributed by atoms with Gasteiger partial charge < -0.3 is 4.90 Å². The van der Waals surface area contributed by atoms with Crippen molar-refractivity contribution in [1.82, 2.24) is 25.1 Å². The average molecular weight is 307 g/mol. The molecule has 0 aliphatic carbocycles. The number of nitrogens with zero attached hydrogens (tertiary/aromatic N) is 4. The van der Waals surface area contributed by atoms with Crippen LogP contribution in [0, 0.1) is 6.92 Å². The number of hydrogen-bond donors (Lipinski definition) is 1. The quantitative estimate of drug-likeness (QED) is 0.789. The van der Waals surface area contributed by atoms with Gasteiger partial charge >= 0.3 is 0 Å². The first-order valence-corrected chi connectivity index (χ1v) is 7.77. The fraction of sp³-hybridized carbons (Fsp3) is 0.294. The number of carbonyl (C=O) groups excluding carboxylic acids is 1. The van der Waals surface area contributed by atoms with Gasteiger partial charge in [-0.2, -0.15) is 5.10 Å². The predicted molar refractivity (Wildman–Crippen MR) is 85.9 cm³/mol. The zero-order chi connectivity index (χ0) is 15.8. The monoisotopic (exact) mass is 307 g/mol. The second-order valence-electron chi connectivity index (χ2n) is 5.80. The first kappa shape index (κ1) is 13.9. The van der Waals surface area contributed by atoms with Crippen molar-refractivity contribution in [2.45, 2.75) is 25.8 Å². The van der Waals surface area contributed by atoms with E-state index in [-0.39, 0.29) is 11.9 Å². The summed E-state index contributed by atoms with van der Waals surface area (Å²) in [6.45, 7) is 2.60. The highest BCUT2D eigenvalue weighted by Crippen LogP contribution is 2.32. The predicted octanol–water partition coefficient (Wildman–Crippen LogP) is 2.64. The molecule has 23 heavy (non-hydrogen) atoms. The van der Waals surface area contributed by atoms with Crippen molar-refractivity contribution in [3.63, 3.8) is 0 Å². The molecule has 6 nitrogen and oxygen atoms in total. The Morgan fingerprint density at radius 2 is 2.17 bits per heavy atom. The first-order valence-electron chi connectivity index (χ1n) is 7.77. The van der Waals surface area contributed by atoms with Crippen molar-refractivity contribution < 1.29 is 4.79 Å². The maximum absolute atomic E-state index is 13.0. The molecular formula is C17H17N5O. The van der Waals surface area contributed by atoms with Crippen molar-refractivity contribution in [2.75, 3.05) is 6.54 Å². The minimum atomic E-state index is -0.0405. The van der Waals surface area contributed by atoms with Crippen LogP contribution in [0.2, 0.25) is 0 Å². The van der Waals surface area contributed by atoms with Gasteiger partial charge in [0.25, 0.3) is 5.91 Å². The lowest BCUT2D eigenvalue weighted by Gasteiger charge is -2.23. The van der Waals surface area contributed by atoms with Crippen LogP contribution in [0.1, 0.15) is 40.9 Å². The number of fused-ring (bicyclic) bond motifs is 1. The fourth-order valence-corrected chi connectivity index (χ4v) is 3.24. The van der Waals surface area contributed by atoms with E-state index in [1.54, 1.807) is 6.20 Å². The van der Waals surface area contributed by atoms with Crippen molar-refractivity contribution in [3.8, 4) is 0 Å². The van der Waals surface area contributed by atoms with Crippen molar-refractivity contribution in [2.24, 2.45) is 0 Å². The molecule has 3 aromatic rings. The SMILES string of the molecule is Cc1nccc(C2CCCN2C(=O)c2n[nH]c3ccccc23)n1. The molecule has 0 bridgehead atoms. The number of likely N-dealkylation sites (tertiary alicyclic amines) is 1. The van der Waals surface area contributed by atoms with Gasteiger partial charge in [-0.15, -0.1) is 0 Å². The second-order valence-corrected chi connectivity index (χ2v) is 5.80. The molecule has 6 heteroatoms. The molecule has 1 aliphatic rings. The zero-order valence-corrected chi connectivity index (χ0v) is 12.9. The van der Waals surface area contributed by atoms with E-state index in [0.29, 0.717) is 5.69 Å². The minimum Gasteiger partial charge on any atom is -0.329 e. The molecule has 116 valence electrons. The van der Waals surface area contributed by atoms with E-state index in [1.807, 2.05) is 42.2 Å². The Morgan fingerprint density at radius 3 is 3.04 bits per heavy atom. The molecule has 1 unspecified atom stereocenters. The summed E-state index contributed by atoms with van der Waals surface area (Å²) in [5.74, 6) is 0.688. The van der Waals surface area contributed by atoms with Crippen LogP contribution < -0.4 is 0 Å². The number of aromatic nitrogens is 4. The maximum Gasteiger partial charge on any atom is 0.275 e. The standard InChI is InChI=1S/C17H17N5O/c1-11-18-9-8-14(19-11)15-7-4-10-22(15)17(23)16-12-5-2-3-6-13(12)20-21-16/h2-3,5-6,8-9,15H,4,7,10H2,1H3,(H,20,21). The summed E-state index contributed by atoms with van der Waals surface area (Å²) < 4.78 is 0. The lowest BCUT2D eigenvalue weighted by atomic mass is 10.1. The molecular weight excluding hydrogens is 290 g/mol. The summed E-state index contributed by atoms with van der Waals surface area (Å²) in [4.78, 5) is 23.5. The van der Waals surface area contributed by atoms with E-state index in [2.05, 4.69) is 20.2 Å². The molecule has 2 aromatic heterocycles. The number of aromatic amines is 1. The summed E-state index contributed by atoms with van der Waals surface area (Å²) in [7, 11) is 0. The Morgan fingerprint density at radius 1 is 1.30 bits per heavy atom. The van der Waals surface area contributed by atoms with Gasteiger partial charge in [-0.1, -0.05) is 18.2 Å². The van der Waals surface area contributed by atoms with E-state index in [0.717, 1.165) is 41.8 Å². The average Bonchev–Trinajstić information content (AvgIpc) is 3.21. The molecule has 1 aromatic carbocycles. The minimum absolute atomic E-state index is 0.000313. The highest BCUT2D eigenvalue weighted by Gasteiger charge is 2.33. The fourth-order valence-electron chi connectivity index (χ4n) is 3.24. The first-order chi connectivity index (χ1) is 11.2. The molecule has 0 saturated carbocycles. The summed E-state index contributed by atoms with van der Waals surface area (Å²) in [5, 5.41) is 8.03. The summed E-state index contributed by atoms with van der Waals surface area (Å²) in [5.41, 5.74) is 2.27. The van der Waals surface area contributed by atoms with Crippen LogP contribution in [-0.2, 0) is 0 Å². The Hall–Kier alpha value is -2.76. The third-order valence-electron chi connectivity index (χ3n) is 4.33. The number of carbonyl (C=O) groups is 1. The number of H-pyrrole nitrogens is 1. The van der Waals surface area contributed by atoms with E-state index in [9.17, 15) is 4.79 Å². The van der Waals surface area contributed by atoms with E-state index in [1.165, 1.54) is 0 Å². The second kappa shape index (κ2) is 5.46. The summed E-state index contributed by atoms with van der Waals surface area (Å²) in [6, 6.07) is 9.59. The van der Waals surface area contributed by atoms with Gasteiger partial charge in [-0.05, 0) is 31.9 Å². The van der Waals surface area contributed by atoms with Crippen LogP contribution >= 0.6 is 0 Å². The molecule has 1 saturated heterocycles. The number of para-hydroxylation sites is 1. The van der Waals surface area contributed by atoms with E-state index >= 15 is 0 Å². The van der Waals surface area contributed by atoms with Gasteiger partial charge in [0.2, 0.25) is 0 Å². The number of nitrogens with one attached hydrogen (secondary N) is 1. The highest BCUT2D eigenvalue weighted by atomic mass is 16.2. The van der Waals surface area contributed by atoms with Crippen LogP contribution in [-0.4, -0.2) is 37.5 Å². The van der Waals surface area contributed by atoms with Crippen molar-refractivity contribution in [3.05, 3.63) is 53.7 Å². The third kappa shape index (κ3) is 2.36. The molecule has 1 N–H and O–H groups in total. The van der Waals surface area contributed by atoms with Crippen molar-refractivity contribution in [1.29, 1.82) is 0 Å². The molecule has 3 heterocycles. The van der Waals surface area contributed by atoms with Gasteiger partial charge in [0.15, 0.2) is 5.69 Å². The van der Waals surface area contributed by atoms with Crippen LogP contribution in [0.5, 0.6) is 0 Å². The number of hydrogen-bond acceptors (Lipinski definition) is 4. The van der Waals surface area contributed by atoms with Gasteiger partial charge in [0.1, 0.15) is 5.82 Å². The third-order valence-corrected chi connectivity index (χ3v) is 4.33. The van der Waals surface area contributed by atoms with Crippen molar-refractivity contribution >= 4 is 16.8 Å². The number of aryl methyl sites for hydroxylation is 1. The lowest BCUT2D eigenvalue weighted by molar-refractivity contribution is 0.0728. The van der Waals surface area contributed by atoms with Crippen LogP contribution in [0.3, 0.4) is 0 Å². The maximum atomic E-state index is 13.0. The van der Waals surface area contributed by atoms with Gasteiger partial charge in [0, 0.05) is 18.1 Å². The topological polar surface area (TPSA) is 74.8 Å². The van der Waals surface area contributed by atoms with Gasteiger partial charge in [-0.3, -0.25) is 9.89 Å².